The minimum atomic E-state index is -1.01. The molecule has 0 radical (unpaired) electrons. The van der Waals surface area contributed by atoms with Crippen molar-refractivity contribution in [3.05, 3.63) is 70.7 Å². The summed E-state index contributed by atoms with van der Waals surface area (Å²) >= 11 is 5.88. The molecular weight excluding hydrogens is 444 g/mol. The van der Waals surface area contributed by atoms with Crippen LogP contribution in [0.3, 0.4) is 0 Å². The molecule has 2 atom stereocenters. The number of amides is 3. The molecule has 0 unspecified atom stereocenters. The summed E-state index contributed by atoms with van der Waals surface area (Å²) < 4.78 is 0. The Bertz CT molecular complexity index is 980. The molecule has 9 heteroatoms. The number of Topliss-reactive ketones (excluding diaryl/α,β-unsaturated/α-hetero) is 1. The number of hydrogen-bond acceptors (Lipinski definition) is 5. The first-order valence-corrected chi connectivity index (χ1v) is 10.8. The monoisotopic (exact) mass is 470 g/mol. The smallest absolute Gasteiger partial charge is 0.243 e. The zero-order chi connectivity index (χ0) is 24.2. The standard InChI is InChI=1S/C24H27ClN4O4/c1-16(30)28-22(13-17-5-3-2-4-6-17)24(33)29-21(12-11-20(31)14-26)23(32)27-15-18-7-9-19(25)10-8-18/h2-10,14,21-22,26H,11-13,15H2,1H3,(H,27,32)(H,28,30)(H,29,33)/t21-,22-/m0/s1. The second-order valence-corrected chi connectivity index (χ2v) is 7.93. The van der Waals surface area contributed by atoms with Crippen LogP contribution >= 0.6 is 11.6 Å². The molecule has 0 aromatic heterocycles. The minimum Gasteiger partial charge on any atom is -0.350 e. The first kappa shape index (κ1) is 25.7. The Balaban J connectivity index is 2.10. The van der Waals surface area contributed by atoms with Crippen molar-refractivity contribution in [2.75, 3.05) is 0 Å². The summed E-state index contributed by atoms with van der Waals surface area (Å²) in [6, 6.07) is 14.2. The molecule has 0 heterocycles. The van der Waals surface area contributed by atoms with Gasteiger partial charge < -0.3 is 21.4 Å². The lowest BCUT2D eigenvalue weighted by Crippen LogP contribution is -2.54. The van der Waals surface area contributed by atoms with Crippen LogP contribution in [-0.2, 0) is 32.1 Å². The van der Waals surface area contributed by atoms with Gasteiger partial charge in [0, 0.05) is 31.3 Å². The van der Waals surface area contributed by atoms with Crippen molar-refractivity contribution in [2.24, 2.45) is 0 Å². The van der Waals surface area contributed by atoms with Crippen LogP contribution in [0.1, 0.15) is 30.9 Å². The van der Waals surface area contributed by atoms with Crippen molar-refractivity contribution in [2.45, 2.75) is 44.8 Å². The van der Waals surface area contributed by atoms with E-state index in [1.54, 1.807) is 24.3 Å². The summed E-state index contributed by atoms with van der Waals surface area (Å²) in [5.41, 5.74) is 1.66. The fourth-order valence-electron chi connectivity index (χ4n) is 3.12. The lowest BCUT2D eigenvalue weighted by molar-refractivity contribution is -0.132. The average Bonchev–Trinajstić information content (AvgIpc) is 2.80. The Morgan fingerprint density at radius 2 is 1.58 bits per heavy atom. The van der Waals surface area contributed by atoms with Gasteiger partial charge in [-0.25, -0.2) is 0 Å². The van der Waals surface area contributed by atoms with E-state index >= 15 is 0 Å². The van der Waals surface area contributed by atoms with Crippen LogP contribution in [0.4, 0.5) is 0 Å². The molecule has 174 valence electrons. The van der Waals surface area contributed by atoms with Crippen LogP contribution < -0.4 is 16.0 Å². The molecule has 0 spiro atoms. The molecule has 2 aromatic carbocycles. The normalized spacial score (nSPS) is 12.2. The van der Waals surface area contributed by atoms with E-state index in [4.69, 9.17) is 17.0 Å². The Morgan fingerprint density at radius 3 is 2.18 bits per heavy atom. The maximum Gasteiger partial charge on any atom is 0.243 e. The number of hydrogen-bond donors (Lipinski definition) is 4. The topological polar surface area (TPSA) is 128 Å². The third-order valence-electron chi connectivity index (χ3n) is 4.83. The van der Waals surface area contributed by atoms with Gasteiger partial charge in [-0.1, -0.05) is 54.1 Å². The number of carbonyl (C=O) groups is 4. The molecule has 0 aliphatic carbocycles. The van der Waals surface area contributed by atoms with Crippen LogP contribution in [0.2, 0.25) is 5.02 Å². The average molecular weight is 471 g/mol. The van der Waals surface area contributed by atoms with Gasteiger partial charge >= 0.3 is 0 Å². The highest BCUT2D eigenvalue weighted by molar-refractivity contribution is 6.30. The third-order valence-corrected chi connectivity index (χ3v) is 5.08. The summed E-state index contributed by atoms with van der Waals surface area (Å²) in [5, 5.41) is 15.6. The van der Waals surface area contributed by atoms with Crippen LogP contribution in [0.15, 0.2) is 54.6 Å². The zero-order valence-corrected chi connectivity index (χ0v) is 19.0. The SMILES string of the molecule is CC(=O)N[C@@H](Cc1ccccc1)C(=O)N[C@@H](CCC(=O)C=N)C(=O)NCc1ccc(Cl)cc1. The second-order valence-electron chi connectivity index (χ2n) is 7.50. The third kappa shape index (κ3) is 9.24. The van der Waals surface area contributed by atoms with E-state index in [-0.39, 0.29) is 31.7 Å². The maximum atomic E-state index is 13.0. The summed E-state index contributed by atoms with van der Waals surface area (Å²) in [4.78, 5) is 49.0. The van der Waals surface area contributed by atoms with Crippen LogP contribution in [0.25, 0.3) is 0 Å². The predicted octanol–water partition coefficient (Wildman–Crippen LogP) is 2.19. The quantitative estimate of drug-likeness (QED) is 0.354. The molecule has 8 nitrogen and oxygen atoms in total. The molecule has 0 saturated heterocycles. The van der Waals surface area contributed by atoms with Gasteiger partial charge in [0.15, 0.2) is 5.78 Å². The van der Waals surface area contributed by atoms with Crippen molar-refractivity contribution in [1.82, 2.24) is 16.0 Å². The highest BCUT2D eigenvalue weighted by atomic mass is 35.5. The summed E-state index contributed by atoms with van der Waals surface area (Å²) in [5.74, 6) is -1.85. The highest BCUT2D eigenvalue weighted by Crippen LogP contribution is 2.10. The van der Waals surface area contributed by atoms with Gasteiger partial charge in [0.1, 0.15) is 12.1 Å². The Hall–Kier alpha value is -3.52. The Kier molecular flexibility index (Phi) is 10.2. The Labute approximate surface area is 197 Å². The molecule has 0 bridgehead atoms. The molecule has 2 aromatic rings. The van der Waals surface area contributed by atoms with Crippen LogP contribution in [-0.4, -0.2) is 41.8 Å². The highest BCUT2D eigenvalue weighted by Gasteiger charge is 2.26. The lowest BCUT2D eigenvalue weighted by atomic mass is 10.0. The molecule has 0 aliphatic rings. The molecule has 0 fully saturated rings. The van der Waals surface area contributed by atoms with E-state index in [2.05, 4.69) is 16.0 Å². The molecule has 4 N–H and O–H groups in total. The van der Waals surface area contributed by atoms with E-state index in [0.717, 1.165) is 11.1 Å². The number of nitrogens with one attached hydrogen (secondary N) is 4. The number of ketones is 1. The second kappa shape index (κ2) is 13.1. The van der Waals surface area contributed by atoms with Crippen molar-refractivity contribution in [3.63, 3.8) is 0 Å². The van der Waals surface area contributed by atoms with E-state index in [1.165, 1.54) is 6.92 Å². The van der Waals surface area contributed by atoms with Gasteiger partial charge in [-0.05, 0) is 29.7 Å². The molecule has 33 heavy (non-hydrogen) atoms. The summed E-state index contributed by atoms with van der Waals surface area (Å²) in [6.07, 6.45) is 0.863. The minimum absolute atomic E-state index is 0.0184. The molecule has 0 saturated carbocycles. The fraction of sp³-hybridized carbons (Fsp3) is 0.292. The van der Waals surface area contributed by atoms with Gasteiger partial charge in [0.2, 0.25) is 17.7 Å². The van der Waals surface area contributed by atoms with Crippen molar-refractivity contribution in [1.29, 1.82) is 5.41 Å². The molecular formula is C24H27ClN4O4. The first-order chi connectivity index (χ1) is 15.8. The largest absolute Gasteiger partial charge is 0.350 e. The Morgan fingerprint density at radius 1 is 0.909 bits per heavy atom. The van der Waals surface area contributed by atoms with Gasteiger partial charge in [-0.3, -0.25) is 19.2 Å². The predicted molar refractivity (Wildman–Crippen MR) is 126 cm³/mol. The number of halogens is 1. The maximum absolute atomic E-state index is 13.0. The number of benzene rings is 2. The zero-order valence-electron chi connectivity index (χ0n) is 18.3. The van der Waals surface area contributed by atoms with Gasteiger partial charge in [-0.15, -0.1) is 0 Å². The van der Waals surface area contributed by atoms with Gasteiger partial charge in [-0.2, -0.15) is 0 Å². The van der Waals surface area contributed by atoms with E-state index < -0.39 is 29.7 Å². The van der Waals surface area contributed by atoms with Crippen molar-refractivity contribution in [3.8, 4) is 0 Å². The van der Waals surface area contributed by atoms with E-state index in [1.807, 2.05) is 30.3 Å². The van der Waals surface area contributed by atoms with Crippen LogP contribution in [0.5, 0.6) is 0 Å². The summed E-state index contributed by atoms with van der Waals surface area (Å²) in [6.45, 7) is 1.52. The van der Waals surface area contributed by atoms with Gasteiger partial charge in [0.05, 0.1) is 6.21 Å². The fourth-order valence-corrected chi connectivity index (χ4v) is 3.24. The van der Waals surface area contributed by atoms with Crippen molar-refractivity contribution >= 4 is 41.3 Å². The molecule has 3 amide bonds. The van der Waals surface area contributed by atoms with Gasteiger partial charge in [0.25, 0.3) is 0 Å². The molecule has 2 rings (SSSR count). The first-order valence-electron chi connectivity index (χ1n) is 10.5. The lowest BCUT2D eigenvalue weighted by Gasteiger charge is -2.23. The number of rotatable bonds is 12. The van der Waals surface area contributed by atoms with Crippen LogP contribution in [0, 0.1) is 5.41 Å². The van der Waals surface area contributed by atoms with E-state index in [0.29, 0.717) is 11.2 Å². The molecule has 0 aliphatic heterocycles. The summed E-state index contributed by atoms with van der Waals surface area (Å²) in [7, 11) is 0. The van der Waals surface area contributed by atoms with E-state index in [9.17, 15) is 19.2 Å². The number of carbonyl (C=O) groups excluding carboxylic acids is 4. The van der Waals surface area contributed by atoms with Crippen molar-refractivity contribution < 1.29 is 19.2 Å².